The van der Waals surface area contributed by atoms with E-state index in [1.165, 1.54) is 6.07 Å². The van der Waals surface area contributed by atoms with Crippen LogP contribution in [0.5, 0.6) is 0 Å². The summed E-state index contributed by atoms with van der Waals surface area (Å²) < 4.78 is 5.62. The van der Waals surface area contributed by atoms with Crippen LogP contribution in [-0.2, 0) is 0 Å². The fourth-order valence-corrected chi connectivity index (χ4v) is 1.96. The fraction of sp³-hybridized carbons (Fsp3) is 0.0769. The van der Waals surface area contributed by atoms with E-state index in [4.69, 9.17) is 9.52 Å². The summed E-state index contributed by atoms with van der Waals surface area (Å²) in [5, 5.41) is 16.3. The minimum Gasteiger partial charge on any atom is -0.477 e. The molecule has 0 spiro atoms. The first-order valence-corrected chi connectivity index (χ1v) is 5.43. The molecule has 3 rings (SSSR count). The van der Waals surface area contributed by atoms with Crippen molar-refractivity contribution < 1.29 is 14.3 Å². The Bertz CT molecular complexity index is 740. The van der Waals surface area contributed by atoms with E-state index in [9.17, 15) is 4.79 Å². The number of aryl methyl sites for hydroxylation is 1. The molecule has 0 unspecified atom stereocenters. The number of carboxylic acid groups (broad SMARTS) is 1. The predicted molar refractivity (Wildman–Crippen MR) is 65.5 cm³/mol. The Morgan fingerprint density at radius 2 is 2.22 bits per heavy atom. The van der Waals surface area contributed by atoms with Crippen LogP contribution in [0.25, 0.3) is 22.2 Å². The maximum Gasteiger partial charge on any atom is 0.353 e. The number of fused-ring (bicyclic) bond motifs is 1. The average Bonchev–Trinajstić information content (AvgIpc) is 2.92. The summed E-state index contributed by atoms with van der Waals surface area (Å²) in [6.07, 6.45) is 0. The van der Waals surface area contributed by atoms with Gasteiger partial charge in [-0.2, -0.15) is 5.10 Å². The molecule has 0 atom stereocenters. The molecule has 2 aromatic heterocycles. The van der Waals surface area contributed by atoms with Gasteiger partial charge in [0, 0.05) is 10.9 Å². The van der Waals surface area contributed by atoms with Crippen LogP contribution in [0, 0.1) is 6.92 Å². The number of rotatable bonds is 2. The second-order valence-electron chi connectivity index (χ2n) is 4.05. The molecule has 0 saturated heterocycles. The number of benzene rings is 1. The SMILES string of the molecule is Cc1cc2cccc(-c3cc(C(=O)O)[nH]n3)c2o1. The summed E-state index contributed by atoms with van der Waals surface area (Å²) >= 11 is 0. The number of carboxylic acids is 1. The lowest BCUT2D eigenvalue weighted by atomic mass is 10.1. The van der Waals surface area contributed by atoms with E-state index in [1.54, 1.807) is 0 Å². The van der Waals surface area contributed by atoms with Crippen LogP contribution in [0.4, 0.5) is 0 Å². The second-order valence-corrected chi connectivity index (χ2v) is 4.05. The van der Waals surface area contributed by atoms with Crippen LogP contribution in [0.2, 0.25) is 0 Å². The lowest BCUT2D eigenvalue weighted by molar-refractivity contribution is 0.0690. The summed E-state index contributed by atoms with van der Waals surface area (Å²) in [7, 11) is 0. The number of nitrogens with one attached hydrogen (secondary N) is 1. The summed E-state index contributed by atoms with van der Waals surface area (Å²) in [6, 6.07) is 9.12. The summed E-state index contributed by atoms with van der Waals surface area (Å²) in [4.78, 5) is 10.8. The Labute approximate surface area is 102 Å². The van der Waals surface area contributed by atoms with Crippen LogP contribution in [0.3, 0.4) is 0 Å². The number of hydrogen-bond acceptors (Lipinski definition) is 3. The van der Waals surface area contributed by atoms with Crippen molar-refractivity contribution in [3.05, 3.63) is 41.8 Å². The summed E-state index contributed by atoms with van der Waals surface area (Å²) in [5.41, 5.74) is 2.13. The molecule has 5 heteroatoms. The summed E-state index contributed by atoms with van der Waals surface area (Å²) in [6.45, 7) is 1.87. The van der Waals surface area contributed by atoms with Gasteiger partial charge < -0.3 is 9.52 Å². The maximum absolute atomic E-state index is 10.8. The first-order chi connectivity index (χ1) is 8.65. The van der Waals surface area contributed by atoms with E-state index in [0.29, 0.717) is 5.69 Å². The van der Waals surface area contributed by atoms with Crippen molar-refractivity contribution in [2.45, 2.75) is 6.92 Å². The van der Waals surface area contributed by atoms with Gasteiger partial charge in [0.2, 0.25) is 0 Å². The van der Waals surface area contributed by atoms with Gasteiger partial charge >= 0.3 is 5.97 Å². The van der Waals surface area contributed by atoms with Crippen molar-refractivity contribution in [1.29, 1.82) is 0 Å². The molecule has 0 radical (unpaired) electrons. The third kappa shape index (κ3) is 1.57. The van der Waals surface area contributed by atoms with Crippen molar-refractivity contribution in [1.82, 2.24) is 10.2 Å². The van der Waals surface area contributed by atoms with Gasteiger partial charge in [-0.25, -0.2) is 4.79 Å². The molecule has 0 fully saturated rings. The highest BCUT2D eigenvalue weighted by Gasteiger charge is 2.13. The van der Waals surface area contributed by atoms with Crippen LogP contribution in [0.1, 0.15) is 16.2 Å². The van der Waals surface area contributed by atoms with Crippen molar-refractivity contribution >= 4 is 16.9 Å². The molecule has 3 aromatic rings. The lowest BCUT2D eigenvalue weighted by Crippen LogP contribution is -1.95. The van der Waals surface area contributed by atoms with Gasteiger partial charge in [-0.05, 0) is 25.1 Å². The quantitative estimate of drug-likeness (QED) is 0.724. The van der Waals surface area contributed by atoms with E-state index < -0.39 is 5.97 Å². The monoisotopic (exact) mass is 242 g/mol. The number of H-pyrrole nitrogens is 1. The second kappa shape index (κ2) is 3.73. The molecule has 0 amide bonds. The molecule has 5 nitrogen and oxygen atoms in total. The molecule has 90 valence electrons. The van der Waals surface area contributed by atoms with E-state index in [0.717, 1.165) is 22.3 Å². The maximum atomic E-state index is 10.8. The number of nitrogens with zero attached hydrogens (tertiary/aromatic N) is 1. The van der Waals surface area contributed by atoms with E-state index in [1.807, 2.05) is 31.2 Å². The zero-order chi connectivity index (χ0) is 12.7. The molecule has 1 aromatic carbocycles. The van der Waals surface area contributed by atoms with Crippen molar-refractivity contribution in [3.63, 3.8) is 0 Å². The number of furan rings is 1. The normalized spacial score (nSPS) is 10.9. The highest BCUT2D eigenvalue weighted by molar-refractivity contribution is 5.93. The Kier molecular flexibility index (Phi) is 2.19. The van der Waals surface area contributed by atoms with Crippen molar-refractivity contribution in [2.24, 2.45) is 0 Å². The molecule has 2 heterocycles. The minimum atomic E-state index is -1.03. The van der Waals surface area contributed by atoms with Gasteiger partial charge in [-0.1, -0.05) is 12.1 Å². The van der Waals surface area contributed by atoms with Crippen molar-refractivity contribution in [2.75, 3.05) is 0 Å². The minimum absolute atomic E-state index is 0.0604. The fourth-order valence-electron chi connectivity index (χ4n) is 1.96. The van der Waals surface area contributed by atoms with Crippen molar-refractivity contribution in [3.8, 4) is 11.3 Å². The molecule has 0 aliphatic heterocycles. The van der Waals surface area contributed by atoms with E-state index in [2.05, 4.69) is 10.2 Å². The lowest BCUT2D eigenvalue weighted by Gasteiger charge is -1.96. The van der Waals surface area contributed by atoms with Gasteiger partial charge in [-0.3, -0.25) is 5.10 Å². The largest absolute Gasteiger partial charge is 0.477 e. The average molecular weight is 242 g/mol. The Morgan fingerprint density at radius 3 is 2.94 bits per heavy atom. The van der Waals surface area contributed by atoms with Gasteiger partial charge in [0.15, 0.2) is 0 Å². The molecule has 0 aliphatic carbocycles. The number of carbonyl (C=O) groups is 1. The van der Waals surface area contributed by atoms with Gasteiger partial charge in [-0.15, -0.1) is 0 Å². The van der Waals surface area contributed by atoms with E-state index in [-0.39, 0.29) is 5.69 Å². The smallest absolute Gasteiger partial charge is 0.353 e. The number of aromatic amines is 1. The number of hydrogen-bond donors (Lipinski definition) is 2. The molecule has 2 N–H and O–H groups in total. The zero-order valence-corrected chi connectivity index (χ0v) is 9.60. The highest BCUT2D eigenvalue weighted by Crippen LogP contribution is 2.29. The van der Waals surface area contributed by atoms with Crippen LogP contribution >= 0.6 is 0 Å². The zero-order valence-electron chi connectivity index (χ0n) is 9.60. The molecular weight excluding hydrogens is 232 g/mol. The van der Waals surface area contributed by atoms with Gasteiger partial charge in [0.25, 0.3) is 0 Å². The molecule has 18 heavy (non-hydrogen) atoms. The third-order valence-corrected chi connectivity index (χ3v) is 2.75. The van der Waals surface area contributed by atoms with Gasteiger partial charge in [0.1, 0.15) is 17.0 Å². The molecule has 0 bridgehead atoms. The molecule has 0 aliphatic rings. The standard InChI is InChI=1S/C13H10N2O3/c1-7-5-8-3-2-4-9(12(8)18-7)10-6-11(13(16)17)15-14-10/h2-6H,1H3,(H,14,15)(H,16,17). The molecular formula is C13H10N2O3. The van der Waals surface area contributed by atoms with Crippen LogP contribution < -0.4 is 0 Å². The topological polar surface area (TPSA) is 79.1 Å². The van der Waals surface area contributed by atoms with Crippen LogP contribution in [0.15, 0.2) is 34.7 Å². The van der Waals surface area contributed by atoms with Gasteiger partial charge in [0.05, 0.1) is 5.69 Å². The first kappa shape index (κ1) is 10.6. The Hall–Kier alpha value is -2.56. The third-order valence-electron chi connectivity index (χ3n) is 2.75. The number of aromatic carboxylic acids is 1. The number of para-hydroxylation sites is 1. The number of aromatic nitrogens is 2. The highest BCUT2D eigenvalue weighted by atomic mass is 16.4. The molecule has 0 saturated carbocycles. The first-order valence-electron chi connectivity index (χ1n) is 5.43. The van der Waals surface area contributed by atoms with Crippen LogP contribution in [-0.4, -0.2) is 21.3 Å². The Morgan fingerprint density at radius 1 is 1.39 bits per heavy atom. The summed E-state index contributed by atoms with van der Waals surface area (Å²) in [5.74, 6) is -0.219. The Balaban J connectivity index is 2.21. The van der Waals surface area contributed by atoms with E-state index >= 15 is 0 Å². The predicted octanol–water partition coefficient (Wildman–Crippen LogP) is 2.83.